The lowest BCUT2D eigenvalue weighted by molar-refractivity contribution is -0.118. The van der Waals surface area contributed by atoms with Crippen molar-refractivity contribution in [2.45, 2.75) is 18.4 Å². The molecule has 2 rings (SSSR count). The van der Waals surface area contributed by atoms with Gasteiger partial charge in [-0.1, -0.05) is 11.6 Å². The van der Waals surface area contributed by atoms with Gasteiger partial charge in [-0.3, -0.25) is 9.59 Å². The maximum atomic E-state index is 11.7. The van der Waals surface area contributed by atoms with Crippen molar-refractivity contribution in [3.05, 3.63) is 28.8 Å². The number of hydrogen-bond donors (Lipinski definition) is 3. The van der Waals surface area contributed by atoms with Crippen LogP contribution in [0.2, 0.25) is 5.02 Å². The number of halogens is 2. The van der Waals surface area contributed by atoms with Crippen molar-refractivity contribution in [2.75, 3.05) is 12.4 Å². The molecule has 0 unspecified atom stereocenters. The van der Waals surface area contributed by atoms with E-state index in [0.29, 0.717) is 24.1 Å². The molecule has 5 nitrogen and oxygen atoms in total. The van der Waals surface area contributed by atoms with E-state index in [9.17, 15) is 9.59 Å². The summed E-state index contributed by atoms with van der Waals surface area (Å²) in [6.07, 6.45) is 1.39. The lowest BCUT2D eigenvalue weighted by atomic mass is 10.2. The van der Waals surface area contributed by atoms with E-state index < -0.39 is 5.54 Å². The Balaban J connectivity index is 0.00000180. The van der Waals surface area contributed by atoms with Gasteiger partial charge in [0.2, 0.25) is 5.91 Å². The second-order valence-electron chi connectivity index (χ2n) is 4.38. The molecule has 1 aliphatic rings. The summed E-state index contributed by atoms with van der Waals surface area (Å²) in [4.78, 5) is 23.2. The highest BCUT2D eigenvalue weighted by Crippen LogP contribution is 2.33. The predicted molar refractivity (Wildman–Crippen MR) is 76.9 cm³/mol. The summed E-state index contributed by atoms with van der Waals surface area (Å²) in [5, 5.41) is 5.46. The van der Waals surface area contributed by atoms with Crippen LogP contribution in [0.5, 0.6) is 0 Å². The first-order valence-corrected chi connectivity index (χ1v) is 5.96. The van der Waals surface area contributed by atoms with Gasteiger partial charge in [0.1, 0.15) is 0 Å². The summed E-state index contributed by atoms with van der Waals surface area (Å²) in [5.41, 5.74) is 5.94. The maximum absolute atomic E-state index is 11.7. The van der Waals surface area contributed by atoms with E-state index in [4.69, 9.17) is 17.3 Å². The molecule has 0 bridgehead atoms. The molecule has 7 heteroatoms. The first-order valence-electron chi connectivity index (χ1n) is 5.58. The van der Waals surface area contributed by atoms with Gasteiger partial charge in [-0.15, -0.1) is 12.4 Å². The highest BCUT2D eigenvalue weighted by atomic mass is 35.5. The third kappa shape index (κ3) is 3.37. The van der Waals surface area contributed by atoms with Gasteiger partial charge in [-0.2, -0.15) is 0 Å². The molecule has 2 amide bonds. The summed E-state index contributed by atoms with van der Waals surface area (Å²) in [6.45, 7) is 0. The van der Waals surface area contributed by atoms with E-state index >= 15 is 0 Å². The van der Waals surface area contributed by atoms with Crippen LogP contribution in [0.25, 0.3) is 0 Å². The Morgan fingerprint density at radius 1 is 1.37 bits per heavy atom. The van der Waals surface area contributed by atoms with E-state index in [1.165, 1.54) is 13.1 Å². The average molecular weight is 304 g/mol. The third-order valence-electron chi connectivity index (χ3n) is 2.94. The van der Waals surface area contributed by atoms with Crippen LogP contribution < -0.4 is 16.4 Å². The summed E-state index contributed by atoms with van der Waals surface area (Å²) < 4.78 is 0. The minimum Gasteiger partial charge on any atom is -0.355 e. The molecule has 0 atom stereocenters. The first-order chi connectivity index (χ1) is 8.46. The van der Waals surface area contributed by atoms with Gasteiger partial charge in [0, 0.05) is 12.7 Å². The number of hydrogen-bond acceptors (Lipinski definition) is 3. The van der Waals surface area contributed by atoms with Crippen LogP contribution in [0.4, 0.5) is 5.69 Å². The fourth-order valence-electron chi connectivity index (χ4n) is 1.53. The van der Waals surface area contributed by atoms with Crippen molar-refractivity contribution in [2.24, 2.45) is 5.73 Å². The standard InChI is InChI=1S/C12H14ClN3O2.ClH/c1-15-10(17)8-3-2-7(6-9(8)13)16-11(18)12(14)4-5-12;/h2-3,6H,4-5,14H2,1H3,(H,15,17)(H,16,18);1H. The van der Waals surface area contributed by atoms with E-state index in [1.54, 1.807) is 12.1 Å². The highest BCUT2D eigenvalue weighted by Gasteiger charge is 2.45. The zero-order valence-electron chi connectivity index (χ0n) is 10.3. The number of carbonyl (C=O) groups is 2. The largest absolute Gasteiger partial charge is 0.355 e. The van der Waals surface area contributed by atoms with Gasteiger partial charge in [0.05, 0.1) is 16.1 Å². The molecule has 1 aromatic carbocycles. The van der Waals surface area contributed by atoms with Gasteiger partial charge < -0.3 is 16.4 Å². The molecule has 0 saturated heterocycles. The number of benzene rings is 1. The smallest absolute Gasteiger partial charge is 0.252 e. The number of carbonyl (C=O) groups excluding carboxylic acids is 2. The summed E-state index contributed by atoms with van der Waals surface area (Å²) in [6, 6.07) is 4.72. The van der Waals surface area contributed by atoms with E-state index in [1.807, 2.05) is 0 Å². The first kappa shape index (κ1) is 15.8. The van der Waals surface area contributed by atoms with E-state index in [2.05, 4.69) is 10.6 Å². The van der Waals surface area contributed by atoms with Crippen LogP contribution >= 0.6 is 24.0 Å². The molecule has 104 valence electrons. The fourth-order valence-corrected chi connectivity index (χ4v) is 1.80. The van der Waals surface area contributed by atoms with Crippen LogP contribution in [-0.4, -0.2) is 24.4 Å². The maximum Gasteiger partial charge on any atom is 0.252 e. The normalized spacial score (nSPS) is 15.1. The molecule has 0 aliphatic heterocycles. The van der Waals surface area contributed by atoms with Gasteiger partial charge in [0.15, 0.2) is 0 Å². The predicted octanol–water partition coefficient (Wildman–Crippen LogP) is 1.55. The molecule has 1 fully saturated rings. The number of amides is 2. The Labute approximate surface area is 122 Å². The Bertz CT molecular complexity index is 516. The molecular weight excluding hydrogens is 289 g/mol. The second-order valence-corrected chi connectivity index (χ2v) is 4.79. The fraction of sp³-hybridized carbons (Fsp3) is 0.333. The number of rotatable bonds is 3. The minimum absolute atomic E-state index is 0. The van der Waals surface area contributed by atoms with Crippen molar-refractivity contribution in [1.82, 2.24) is 5.32 Å². The number of nitrogens with two attached hydrogens (primary N) is 1. The van der Waals surface area contributed by atoms with Crippen molar-refractivity contribution in [1.29, 1.82) is 0 Å². The zero-order valence-corrected chi connectivity index (χ0v) is 11.9. The molecule has 0 aromatic heterocycles. The summed E-state index contributed by atoms with van der Waals surface area (Å²) in [7, 11) is 1.53. The van der Waals surface area contributed by atoms with E-state index in [0.717, 1.165) is 0 Å². The SMILES string of the molecule is CNC(=O)c1ccc(NC(=O)C2(N)CC2)cc1Cl.Cl. The van der Waals surface area contributed by atoms with Crippen molar-refractivity contribution in [3.8, 4) is 0 Å². The van der Waals surface area contributed by atoms with Crippen LogP contribution in [0.15, 0.2) is 18.2 Å². The Hall–Kier alpha value is -1.30. The molecule has 0 radical (unpaired) electrons. The third-order valence-corrected chi connectivity index (χ3v) is 3.25. The number of anilines is 1. The summed E-state index contributed by atoms with van der Waals surface area (Å²) in [5.74, 6) is -0.485. The van der Waals surface area contributed by atoms with Crippen LogP contribution in [0.1, 0.15) is 23.2 Å². The van der Waals surface area contributed by atoms with Crippen molar-refractivity contribution in [3.63, 3.8) is 0 Å². The second kappa shape index (κ2) is 5.77. The quantitative estimate of drug-likeness (QED) is 0.792. The minimum atomic E-state index is -0.730. The van der Waals surface area contributed by atoms with E-state index in [-0.39, 0.29) is 29.2 Å². The molecular formula is C12H15Cl2N3O2. The lowest BCUT2D eigenvalue weighted by Gasteiger charge is -2.11. The molecule has 1 saturated carbocycles. The molecule has 0 heterocycles. The van der Waals surface area contributed by atoms with Gasteiger partial charge >= 0.3 is 0 Å². The van der Waals surface area contributed by atoms with Gasteiger partial charge in [0.25, 0.3) is 5.91 Å². The Morgan fingerprint density at radius 3 is 2.47 bits per heavy atom. The molecule has 1 aromatic rings. The Kier molecular flexibility index (Phi) is 4.79. The topological polar surface area (TPSA) is 84.2 Å². The van der Waals surface area contributed by atoms with Crippen molar-refractivity contribution < 1.29 is 9.59 Å². The molecule has 4 N–H and O–H groups in total. The lowest BCUT2D eigenvalue weighted by Crippen LogP contribution is -2.37. The van der Waals surface area contributed by atoms with Crippen LogP contribution in [0.3, 0.4) is 0 Å². The van der Waals surface area contributed by atoms with Crippen LogP contribution in [-0.2, 0) is 4.79 Å². The number of nitrogens with one attached hydrogen (secondary N) is 2. The average Bonchev–Trinajstić information content (AvgIpc) is 3.08. The molecule has 0 spiro atoms. The molecule has 19 heavy (non-hydrogen) atoms. The summed E-state index contributed by atoms with van der Waals surface area (Å²) >= 11 is 5.97. The monoisotopic (exact) mass is 303 g/mol. The van der Waals surface area contributed by atoms with Gasteiger partial charge in [-0.05, 0) is 31.0 Å². The zero-order chi connectivity index (χ0) is 13.3. The van der Waals surface area contributed by atoms with Crippen molar-refractivity contribution >= 4 is 41.5 Å². The Morgan fingerprint density at radius 2 is 2.00 bits per heavy atom. The highest BCUT2D eigenvalue weighted by molar-refractivity contribution is 6.34. The van der Waals surface area contributed by atoms with Crippen LogP contribution in [0, 0.1) is 0 Å². The van der Waals surface area contributed by atoms with Gasteiger partial charge in [-0.25, -0.2) is 0 Å². The molecule has 1 aliphatic carbocycles.